The van der Waals surface area contributed by atoms with Crippen molar-refractivity contribution < 1.29 is 17.9 Å². The van der Waals surface area contributed by atoms with Gasteiger partial charge in [0.1, 0.15) is 11.1 Å². The molecule has 1 unspecified atom stereocenters. The molecule has 0 spiro atoms. The maximum Gasteiger partial charge on any atom is 0.434 e. The number of halogens is 3. The Balaban J connectivity index is 3.05. The molecule has 0 radical (unpaired) electrons. The van der Waals surface area contributed by atoms with E-state index in [4.69, 9.17) is 4.74 Å². The van der Waals surface area contributed by atoms with E-state index in [1.165, 1.54) is 0 Å². The van der Waals surface area contributed by atoms with Crippen molar-refractivity contribution in [3.05, 3.63) is 15.6 Å². The highest BCUT2D eigenvalue weighted by Crippen LogP contribution is 2.37. The highest BCUT2D eigenvalue weighted by atomic mass is 32.1. The van der Waals surface area contributed by atoms with Crippen molar-refractivity contribution >= 4 is 11.3 Å². The summed E-state index contributed by atoms with van der Waals surface area (Å²) in [5, 5.41) is 3.35. The molecular weight excluding hydrogens is 289 g/mol. The fourth-order valence-electron chi connectivity index (χ4n) is 1.83. The topological polar surface area (TPSA) is 34.1 Å². The van der Waals surface area contributed by atoms with Crippen molar-refractivity contribution in [2.45, 2.75) is 52.4 Å². The summed E-state index contributed by atoms with van der Waals surface area (Å²) < 4.78 is 44.5. The molecule has 0 saturated heterocycles. The molecule has 0 aliphatic rings. The Morgan fingerprint density at radius 2 is 2.00 bits per heavy atom. The molecule has 1 aromatic heterocycles. The smallest absolute Gasteiger partial charge is 0.371 e. The lowest BCUT2D eigenvalue weighted by molar-refractivity contribution is -0.141. The van der Waals surface area contributed by atoms with E-state index >= 15 is 0 Å². The second-order valence-corrected chi connectivity index (χ2v) is 5.45. The number of ether oxygens (including phenoxy) is 1. The number of aromatic nitrogens is 1. The van der Waals surface area contributed by atoms with Crippen molar-refractivity contribution in [2.75, 3.05) is 13.2 Å². The molecule has 0 aliphatic heterocycles. The number of nitrogens with zero attached hydrogens (tertiary/aromatic N) is 1. The lowest BCUT2D eigenvalue weighted by Crippen LogP contribution is -2.15. The molecule has 1 atom stereocenters. The van der Waals surface area contributed by atoms with Crippen LogP contribution in [0.15, 0.2) is 0 Å². The maximum atomic E-state index is 13.0. The number of thiazole rings is 1. The fraction of sp³-hybridized carbons (Fsp3) is 0.769. The summed E-state index contributed by atoms with van der Waals surface area (Å²) in [6.07, 6.45) is -3.23. The second kappa shape index (κ2) is 7.95. The number of nitrogens with one attached hydrogen (secondary N) is 1. The van der Waals surface area contributed by atoms with Gasteiger partial charge in [-0.05, 0) is 19.9 Å². The maximum absolute atomic E-state index is 13.0. The van der Waals surface area contributed by atoms with Crippen LogP contribution in [-0.2, 0) is 17.5 Å². The van der Waals surface area contributed by atoms with Crippen LogP contribution in [0.25, 0.3) is 0 Å². The van der Waals surface area contributed by atoms with Crippen molar-refractivity contribution in [3.63, 3.8) is 0 Å². The SMILES string of the molecule is CCCC(OCC)c1nc(C(F)(F)F)c(CNCC)s1. The third-order valence-electron chi connectivity index (χ3n) is 2.71. The quantitative estimate of drug-likeness (QED) is 0.783. The first-order valence-corrected chi connectivity index (χ1v) is 7.64. The van der Waals surface area contributed by atoms with Crippen LogP contribution in [0, 0.1) is 0 Å². The average molecular weight is 310 g/mol. The van der Waals surface area contributed by atoms with E-state index in [0.29, 0.717) is 24.6 Å². The minimum atomic E-state index is -4.41. The minimum Gasteiger partial charge on any atom is -0.371 e. The first kappa shape index (κ1) is 17.4. The van der Waals surface area contributed by atoms with E-state index in [0.717, 1.165) is 17.8 Å². The predicted molar refractivity (Wildman–Crippen MR) is 73.8 cm³/mol. The van der Waals surface area contributed by atoms with Gasteiger partial charge in [-0.1, -0.05) is 20.3 Å². The largest absolute Gasteiger partial charge is 0.434 e. The van der Waals surface area contributed by atoms with Crippen LogP contribution < -0.4 is 5.32 Å². The lowest BCUT2D eigenvalue weighted by atomic mass is 10.2. The zero-order chi connectivity index (χ0) is 15.2. The van der Waals surface area contributed by atoms with E-state index in [-0.39, 0.29) is 17.5 Å². The highest BCUT2D eigenvalue weighted by Gasteiger charge is 2.38. The molecule has 3 nitrogen and oxygen atoms in total. The predicted octanol–water partition coefficient (Wildman–Crippen LogP) is 4.15. The Morgan fingerprint density at radius 1 is 1.30 bits per heavy atom. The van der Waals surface area contributed by atoms with Crippen LogP contribution >= 0.6 is 11.3 Å². The lowest BCUT2D eigenvalue weighted by Gasteiger charge is -2.12. The van der Waals surface area contributed by atoms with E-state index in [2.05, 4.69) is 10.3 Å². The summed E-state index contributed by atoms with van der Waals surface area (Å²) in [5.74, 6) is 0. The van der Waals surface area contributed by atoms with Crippen LogP contribution in [0.5, 0.6) is 0 Å². The molecule has 1 N–H and O–H groups in total. The Hall–Kier alpha value is -0.660. The Labute approximate surface area is 121 Å². The Morgan fingerprint density at radius 3 is 2.50 bits per heavy atom. The van der Waals surface area contributed by atoms with Gasteiger partial charge in [-0.25, -0.2) is 4.98 Å². The van der Waals surface area contributed by atoms with Crippen molar-refractivity contribution in [3.8, 4) is 0 Å². The third kappa shape index (κ3) is 4.71. The van der Waals surface area contributed by atoms with Gasteiger partial charge in [0.25, 0.3) is 0 Å². The molecule has 0 aromatic carbocycles. The van der Waals surface area contributed by atoms with Gasteiger partial charge in [0.05, 0.1) is 4.88 Å². The summed E-state index contributed by atoms with van der Waals surface area (Å²) in [6.45, 7) is 6.94. The number of hydrogen-bond acceptors (Lipinski definition) is 4. The van der Waals surface area contributed by atoms with Crippen LogP contribution in [0.2, 0.25) is 0 Å². The molecule has 0 bridgehead atoms. The van der Waals surface area contributed by atoms with Gasteiger partial charge in [-0.2, -0.15) is 13.2 Å². The summed E-state index contributed by atoms with van der Waals surface area (Å²) in [7, 11) is 0. The van der Waals surface area contributed by atoms with Crippen molar-refractivity contribution in [1.29, 1.82) is 0 Å². The summed E-state index contributed by atoms with van der Waals surface area (Å²) in [4.78, 5) is 4.03. The van der Waals surface area contributed by atoms with Gasteiger partial charge in [-0.3, -0.25) is 0 Å². The highest BCUT2D eigenvalue weighted by molar-refractivity contribution is 7.11. The van der Waals surface area contributed by atoms with E-state index in [9.17, 15) is 13.2 Å². The number of alkyl halides is 3. The Kier molecular flexibility index (Phi) is 6.91. The molecule has 7 heteroatoms. The van der Waals surface area contributed by atoms with E-state index in [1.807, 2.05) is 20.8 Å². The zero-order valence-corrected chi connectivity index (χ0v) is 12.8. The van der Waals surface area contributed by atoms with Crippen molar-refractivity contribution in [2.24, 2.45) is 0 Å². The van der Waals surface area contributed by atoms with Gasteiger partial charge in [0.2, 0.25) is 0 Å². The first-order valence-electron chi connectivity index (χ1n) is 6.83. The number of hydrogen-bond donors (Lipinski definition) is 1. The first-order chi connectivity index (χ1) is 9.43. The molecule has 0 aliphatic carbocycles. The van der Waals surface area contributed by atoms with Crippen LogP contribution in [-0.4, -0.2) is 18.1 Å². The third-order valence-corrected chi connectivity index (χ3v) is 3.86. The fourth-order valence-corrected chi connectivity index (χ4v) is 2.97. The zero-order valence-electron chi connectivity index (χ0n) is 12.0. The van der Waals surface area contributed by atoms with Gasteiger partial charge >= 0.3 is 6.18 Å². The molecule has 1 rings (SSSR count). The molecule has 1 aromatic rings. The molecule has 116 valence electrons. The second-order valence-electron chi connectivity index (χ2n) is 4.33. The van der Waals surface area contributed by atoms with Crippen LogP contribution in [0.1, 0.15) is 55.3 Å². The Bertz CT molecular complexity index is 401. The molecule has 1 heterocycles. The molecule has 20 heavy (non-hydrogen) atoms. The summed E-state index contributed by atoms with van der Waals surface area (Å²) >= 11 is 1.10. The standard InChI is InChI=1S/C13H21F3N2OS/c1-4-7-9(19-6-3)12-18-11(13(14,15)16)10(20-12)8-17-5-2/h9,17H,4-8H2,1-3H3. The van der Waals surface area contributed by atoms with E-state index in [1.54, 1.807) is 0 Å². The van der Waals surface area contributed by atoms with Crippen LogP contribution in [0.3, 0.4) is 0 Å². The van der Waals surface area contributed by atoms with Gasteiger partial charge in [-0.15, -0.1) is 11.3 Å². The van der Waals surface area contributed by atoms with Crippen LogP contribution in [0.4, 0.5) is 13.2 Å². The molecule has 0 amide bonds. The monoisotopic (exact) mass is 310 g/mol. The molecular formula is C13H21F3N2OS. The molecule has 0 fully saturated rings. The van der Waals surface area contributed by atoms with Gasteiger partial charge in [0.15, 0.2) is 5.69 Å². The molecule has 0 saturated carbocycles. The normalized spacial score (nSPS) is 13.7. The summed E-state index contributed by atoms with van der Waals surface area (Å²) in [5.41, 5.74) is -0.778. The average Bonchev–Trinajstić information content (AvgIpc) is 2.80. The van der Waals surface area contributed by atoms with E-state index < -0.39 is 11.9 Å². The van der Waals surface area contributed by atoms with Crippen molar-refractivity contribution in [1.82, 2.24) is 10.3 Å². The summed E-state index contributed by atoms with van der Waals surface area (Å²) in [6, 6.07) is 0. The minimum absolute atomic E-state index is 0.188. The van der Waals surface area contributed by atoms with Gasteiger partial charge in [0, 0.05) is 13.2 Å². The van der Waals surface area contributed by atoms with Gasteiger partial charge < -0.3 is 10.1 Å². The number of rotatable bonds is 8.